The van der Waals surface area contributed by atoms with Crippen molar-refractivity contribution in [3.63, 3.8) is 0 Å². The molecule has 6 atom stereocenters. The number of carbonyl (C=O) groups is 1. The number of hydrogen-bond donors (Lipinski definition) is 2. The van der Waals surface area contributed by atoms with Gasteiger partial charge in [-0.3, -0.25) is 4.79 Å². The number of phenolic OH excluding ortho intramolecular Hbond substituents is 1. The molecule has 2 fully saturated rings. The molecular formula is C26H29BrN2O4S. The Bertz CT molecular complexity index is 1210. The van der Waals surface area contributed by atoms with Gasteiger partial charge in [-0.2, -0.15) is 0 Å². The number of amides is 1. The van der Waals surface area contributed by atoms with E-state index in [0.29, 0.717) is 12.2 Å². The minimum Gasteiger partial charge on any atom is -0.504 e. The number of aliphatic hydroxyl groups is 1. The topological polar surface area (TPSA) is 73.2 Å². The van der Waals surface area contributed by atoms with E-state index >= 15 is 0 Å². The first-order valence-corrected chi connectivity index (χ1v) is 13.5. The van der Waals surface area contributed by atoms with Crippen LogP contribution in [0.3, 0.4) is 0 Å². The van der Waals surface area contributed by atoms with E-state index in [-0.39, 0.29) is 29.7 Å². The molecule has 4 aliphatic rings. The van der Waals surface area contributed by atoms with Gasteiger partial charge in [-0.05, 0) is 78.5 Å². The van der Waals surface area contributed by atoms with E-state index in [0.717, 1.165) is 39.9 Å². The molecule has 6 rings (SSSR count). The number of nitrogens with zero attached hydrogens (tertiary/aromatic N) is 2. The highest BCUT2D eigenvalue weighted by atomic mass is 79.9. The number of likely N-dealkylation sites (tertiary alicyclic amines) is 1. The van der Waals surface area contributed by atoms with Crippen LogP contribution in [0.5, 0.6) is 11.5 Å². The average Bonchev–Trinajstić information content (AvgIpc) is 3.38. The van der Waals surface area contributed by atoms with E-state index in [1.807, 2.05) is 30.6 Å². The van der Waals surface area contributed by atoms with Crippen LogP contribution in [-0.4, -0.2) is 70.3 Å². The van der Waals surface area contributed by atoms with Crippen molar-refractivity contribution in [2.75, 3.05) is 20.6 Å². The lowest BCUT2D eigenvalue weighted by Crippen LogP contribution is -2.80. The lowest BCUT2D eigenvalue weighted by molar-refractivity contribution is -0.220. The van der Waals surface area contributed by atoms with Crippen LogP contribution in [0, 0.1) is 5.92 Å². The van der Waals surface area contributed by atoms with Gasteiger partial charge in [0.2, 0.25) is 5.91 Å². The fraction of sp³-hybridized carbons (Fsp3) is 0.500. The number of piperidine rings is 1. The largest absolute Gasteiger partial charge is 0.504 e. The minimum absolute atomic E-state index is 0.0236. The van der Waals surface area contributed by atoms with Crippen LogP contribution in [0.1, 0.15) is 35.8 Å². The Kier molecular flexibility index (Phi) is 5.02. The highest BCUT2D eigenvalue weighted by molar-refractivity contribution is 9.10. The number of ether oxygens (including phenoxy) is 1. The van der Waals surface area contributed by atoms with Crippen molar-refractivity contribution >= 4 is 39.2 Å². The summed E-state index contributed by atoms with van der Waals surface area (Å²) in [7, 11) is 3.92. The summed E-state index contributed by atoms with van der Waals surface area (Å²) in [5.41, 5.74) is 0.476. The fourth-order valence-corrected chi connectivity index (χ4v) is 8.71. The second kappa shape index (κ2) is 7.56. The SMILES string of the molecule is C[C@H]1C[C@H](N(C)C(=O)/C=C/c2cc(Br)cs2)[C@@H]2Oc3c(O)ccc4c3[C@@]23CCN(C)[C@H](C4)[C@]13O. The minimum atomic E-state index is -0.990. The summed E-state index contributed by atoms with van der Waals surface area (Å²) >= 11 is 5.03. The monoisotopic (exact) mass is 544 g/mol. The molecular weight excluding hydrogens is 516 g/mol. The molecule has 1 saturated carbocycles. The van der Waals surface area contributed by atoms with E-state index in [4.69, 9.17) is 4.74 Å². The third-order valence-corrected chi connectivity index (χ3v) is 10.6. The predicted molar refractivity (Wildman–Crippen MR) is 135 cm³/mol. The molecule has 180 valence electrons. The lowest BCUT2D eigenvalue weighted by atomic mass is 9.45. The van der Waals surface area contributed by atoms with Gasteiger partial charge in [0.05, 0.1) is 17.1 Å². The second-order valence-electron chi connectivity index (χ2n) is 10.4. The molecule has 1 aromatic heterocycles. The van der Waals surface area contributed by atoms with Crippen molar-refractivity contribution in [3.8, 4) is 11.5 Å². The van der Waals surface area contributed by atoms with Crippen LogP contribution < -0.4 is 4.74 Å². The average molecular weight is 545 g/mol. The molecule has 3 heterocycles. The Labute approximate surface area is 212 Å². The Morgan fingerprint density at radius 2 is 2.21 bits per heavy atom. The smallest absolute Gasteiger partial charge is 0.246 e. The van der Waals surface area contributed by atoms with E-state index in [1.54, 1.807) is 28.4 Å². The van der Waals surface area contributed by atoms with Crippen molar-refractivity contribution < 1.29 is 19.7 Å². The number of likely N-dealkylation sites (N-methyl/N-ethyl adjacent to an activating group) is 2. The second-order valence-corrected chi connectivity index (χ2v) is 12.2. The van der Waals surface area contributed by atoms with Crippen LogP contribution in [0.2, 0.25) is 0 Å². The van der Waals surface area contributed by atoms with Crippen LogP contribution in [0.15, 0.2) is 34.1 Å². The Morgan fingerprint density at radius 1 is 1.41 bits per heavy atom. The predicted octanol–water partition coefficient (Wildman–Crippen LogP) is 3.79. The molecule has 0 radical (unpaired) electrons. The number of hydrogen-bond acceptors (Lipinski definition) is 6. The lowest BCUT2D eigenvalue weighted by Gasteiger charge is -2.66. The molecule has 2 bridgehead atoms. The van der Waals surface area contributed by atoms with Gasteiger partial charge < -0.3 is 24.7 Å². The van der Waals surface area contributed by atoms with Gasteiger partial charge in [-0.15, -0.1) is 11.3 Å². The van der Waals surface area contributed by atoms with Crippen LogP contribution >= 0.6 is 27.3 Å². The zero-order valence-electron chi connectivity index (χ0n) is 19.5. The molecule has 2 N–H and O–H groups in total. The molecule has 8 heteroatoms. The molecule has 1 saturated heterocycles. The number of thiophene rings is 1. The van der Waals surface area contributed by atoms with Crippen molar-refractivity contribution in [2.45, 2.75) is 55.4 Å². The Balaban J connectivity index is 1.43. The molecule has 6 nitrogen and oxygen atoms in total. The van der Waals surface area contributed by atoms with Crippen molar-refractivity contribution in [1.29, 1.82) is 0 Å². The molecule has 1 amide bonds. The van der Waals surface area contributed by atoms with Crippen molar-refractivity contribution in [1.82, 2.24) is 9.80 Å². The molecule has 34 heavy (non-hydrogen) atoms. The summed E-state index contributed by atoms with van der Waals surface area (Å²) < 4.78 is 7.56. The summed E-state index contributed by atoms with van der Waals surface area (Å²) in [5.74, 6) is 0.487. The number of rotatable bonds is 3. The molecule has 1 spiro atoms. The standard InChI is InChI=1S/C26H29BrN2O4S/c1-14-10-18(29(3)21(31)7-5-17-12-16(27)13-34-17)24-25-8-9-28(2)20(26(14,25)32)11-15-4-6-19(30)23(33-24)22(15)25/h4-7,12-14,18,20,24,30,32H,8-11H2,1-3H3/b7-5+/t14-,18-,20+,24-,25-,26+/m0/s1. The van der Waals surface area contributed by atoms with Gasteiger partial charge in [-0.25, -0.2) is 0 Å². The van der Waals surface area contributed by atoms with Gasteiger partial charge in [-0.1, -0.05) is 13.0 Å². The molecule has 0 unspecified atom stereocenters. The maximum Gasteiger partial charge on any atom is 0.246 e. The Hall–Kier alpha value is -1.87. The zero-order chi connectivity index (χ0) is 24.0. The van der Waals surface area contributed by atoms with E-state index in [9.17, 15) is 15.0 Å². The highest BCUT2D eigenvalue weighted by Gasteiger charge is 2.75. The van der Waals surface area contributed by atoms with Crippen LogP contribution in [0.25, 0.3) is 6.08 Å². The summed E-state index contributed by atoms with van der Waals surface area (Å²) in [5, 5.41) is 25.2. The Morgan fingerprint density at radius 3 is 2.94 bits per heavy atom. The van der Waals surface area contributed by atoms with E-state index in [2.05, 4.69) is 34.8 Å². The maximum absolute atomic E-state index is 13.3. The first-order valence-electron chi connectivity index (χ1n) is 11.8. The molecule has 1 aromatic carbocycles. The third-order valence-electron chi connectivity index (χ3n) is 8.95. The number of benzene rings is 1. The molecule has 2 aliphatic carbocycles. The quantitative estimate of drug-likeness (QED) is 0.575. The van der Waals surface area contributed by atoms with Gasteiger partial charge in [0.1, 0.15) is 6.10 Å². The summed E-state index contributed by atoms with van der Waals surface area (Å²) in [6.45, 7) is 2.95. The first kappa shape index (κ1) is 22.6. The van der Waals surface area contributed by atoms with Gasteiger partial charge >= 0.3 is 0 Å². The van der Waals surface area contributed by atoms with Crippen molar-refractivity contribution in [2.24, 2.45) is 5.92 Å². The first-order chi connectivity index (χ1) is 16.2. The van der Waals surface area contributed by atoms with Gasteiger partial charge in [0, 0.05) is 39.5 Å². The fourth-order valence-electron chi connectivity index (χ4n) is 7.37. The number of phenols is 1. The van der Waals surface area contributed by atoms with Crippen LogP contribution in [0.4, 0.5) is 0 Å². The zero-order valence-corrected chi connectivity index (χ0v) is 21.9. The number of halogens is 1. The summed E-state index contributed by atoms with van der Waals surface area (Å²) in [4.78, 5) is 18.3. The normalized spacial score (nSPS) is 35.8. The number of carbonyl (C=O) groups excluding carboxylic acids is 1. The molecule has 2 aliphatic heterocycles. The van der Waals surface area contributed by atoms with Crippen molar-refractivity contribution in [3.05, 3.63) is 50.1 Å². The highest BCUT2D eigenvalue weighted by Crippen LogP contribution is 2.66. The maximum atomic E-state index is 13.3. The van der Waals surface area contributed by atoms with E-state index in [1.165, 1.54) is 0 Å². The summed E-state index contributed by atoms with van der Waals surface area (Å²) in [6, 6.07) is 5.43. The molecule has 2 aromatic rings. The van der Waals surface area contributed by atoms with Gasteiger partial charge in [0.15, 0.2) is 11.5 Å². The van der Waals surface area contributed by atoms with E-state index < -0.39 is 17.1 Å². The third kappa shape index (κ3) is 2.77. The summed E-state index contributed by atoms with van der Waals surface area (Å²) in [6.07, 6.45) is 5.15. The van der Waals surface area contributed by atoms with Gasteiger partial charge in [0.25, 0.3) is 0 Å². The number of aromatic hydroxyl groups is 1. The van der Waals surface area contributed by atoms with Crippen LogP contribution in [-0.2, 0) is 16.6 Å².